The van der Waals surface area contributed by atoms with Crippen LogP contribution in [0.15, 0.2) is 211 Å². The summed E-state index contributed by atoms with van der Waals surface area (Å²) in [4.78, 5) is 4.83. The fourth-order valence-corrected chi connectivity index (χ4v) is 12.4. The van der Waals surface area contributed by atoms with Crippen molar-refractivity contribution in [1.29, 1.82) is 0 Å². The Morgan fingerprint density at radius 1 is 0.362 bits per heavy atom. The Morgan fingerprint density at radius 2 is 0.966 bits per heavy atom. The Kier molecular flexibility index (Phi) is 7.95. The fraction of sp³-hybridized carbons (Fsp3) is 0.0370. The molecule has 276 valence electrons. The van der Waals surface area contributed by atoms with Gasteiger partial charge in [0.1, 0.15) is 19.2 Å². The molecule has 0 spiro atoms. The average molecular weight is 761 g/mol. The van der Waals surface area contributed by atoms with Crippen LogP contribution < -0.4 is 20.2 Å². The van der Waals surface area contributed by atoms with E-state index in [-0.39, 0.29) is 0 Å². The molecule has 0 aliphatic carbocycles. The molecule has 0 fully saturated rings. The zero-order valence-corrected chi connectivity index (χ0v) is 33.4. The van der Waals surface area contributed by atoms with Crippen LogP contribution in [0, 0.1) is 0 Å². The second-order valence-corrected chi connectivity index (χ2v) is 20.0. The molecular formula is C54H40N2OSi. The van der Waals surface area contributed by atoms with Gasteiger partial charge in [0, 0.05) is 50.5 Å². The molecular weight excluding hydrogens is 721 g/mol. The summed E-state index contributed by atoms with van der Waals surface area (Å²) in [5.41, 5.74) is 13.5. The van der Waals surface area contributed by atoms with Crippen LogP contribution in [0.5, 0.6) is 0 Å². The summed E-state index contributed by atoms with van der Waals surface area (Å²) in [5, 5.41) is 7.76. The van der Waals surface area contributed by atoms with Crippen LogP contribution in [-0.2, 0) is 0 Å². The molecule has 0 amide bonds. The van der Waals surface area contributed by atoms with Crippen LogP contribution in [0.1, 0.15) is 0 Å². The Labute approximate surface area is 339 Å². The second kappa shape index (κ2) is 13.5. The van der Waals surface area contributed by atoms with Crippen LogP contribution in [-0.4, -0.2) is 8.07 Å². The van der Waals surface area contributed by atoms with Crippen molar-refractivity contribution < 1.29 is 4.42 Å². The van der Waals surface area contributed by atoms with E-state index >= 15 is 0 Å². The number of nitrogens with zero attached hydrogens (tertiary/aromatic N) is 2. The normalized spacial score (nSPS) is 12.8. The summed E-state index contributed by atoms with van der Waals surface area (Å²) in [6.45, 7) is 5.04. The smallest absolute Gasteiger partial charge is 0.137 e. The Balaban J connectivity index is 1.13. The van der Waals surface area contributed by atoms with Gasteiger partial charge in [0.25, 0.3) is 0 Å². The van der Waals surface area contributed by atoms with Crippen LogP contribution in [0.2, 0.25) is 13.1 Å². The van der Waals surface area contributed by atoms with Crippen molar-refractivity contribution in [3.05, 3.63) is 206 Å². The van der Waals surface area contributed by atoms with E-state index in [1.807, 2.05) is 6.07 Å². The molecule has 58 heavy (non-hydrogen) atoms. The Hall–Kier alpha value is -7.14. The highest BCUT2D eigenvalue weighted by molar-refractivity contribution is 7.03. The maximum Gasteiger partial charge on any atom is 0.137 e. The highest BCUT2D eigenvalue weighted by atomic mass is 28.3. The van der Waals surface area contributed by atoms with Crippen molar-refractivity contribution in [1.82, 2.24) is 0 Å². The third-order valence-corrected chi connectivity index (χ3v) is 15.6. The summed E-state index contributed by atoms with van der Waals surface area (Å²) < 4.78 is 6.51. The number of anilines is 6. The zero-order valence-electron chi connectivity index (χ0n) is 32.4. The molecule has 10 aromatic rings. The van der Waals surface area contributed by atoms with Gasteiger partial charge in [-0.2, -0.15) is 0 Å². The molecule has 2 heterocycles. The molecule has 0 saturated carbocycles. The monoisotopic (exact) mass is 760 g/mol. The Bertz CT molecular complexity index is 3110. The number of benzene rings is 9. The van der Waals surface area contributed by atoms with Crippen LogP contribution in [0.25, 0.3) is 55.0 Å². The van der Waals surface area contributed by atoms with Gasteiger partial charge in [0.05, 0.1) is 11.4 Å². The van der Waals surface area contributed by atoms with E-state index < -0.39 is 8.07 Å². The van der Waals surface area contributed by atoms with Crippen molar-refractivity contribution in [2.75, 3.05) is 9.80 Å². The predicted molar refractivity (Wildman–Crippen MR) is 248 cm³/mol. The predicted octanol–water partition coefficient (Wildman–Crippen LogP) is 14.1. The first kappa shape index (κ1) is 34.1. The van der Waals surface area contributed by atoms with Crippen LogP contribution in [0.4, 0.5) is 34.1 Å². The van der Waals surface area contributed by atoms with Crippen molar-refractivity contribution >= 4 is 85.3 Å². The summed E-state index contributed by atoms with van der Waals surface area (Å²) in [7, 11) is -2.24. The highest BCUT2D eigenvalue weighted by Gasteiger charge is 2.37. The molecule has 0 saturated heterocycles. The minimum Gasteiger partial charge on any atom is -0.456 e. The van der Waals surface area contributed by atoms with E-state index in [9.17, 15) is 0 Å². The van der Waals surface area contributed by atoms with Gasteiger partial charge >= 0.3 is 0 Å². The molecule has 1 aromatic heterocycles. The molecule has 4 heteroatoms. The minimum atomic E-state index is -2.24. The molecule has 11 rings (SSSR count). The summed E-state index contributed by atoms with van der Waals surface area (Å²) in [6, 6.07) is 74.8. The van der Waals surface area contributed by atoms with Gasteiger partial charge in [0.2, 0.25) is 0 Å². The van der Waals surface area contributed by atoms with E-state index in [1.54, 1.807) is 0 Å². The van der Waals surface area contributed by atoms with Crippen molar-refractivity contribution in [2.45, 2.75) is 13.1 Å². The van der Waals surface area contributed by atoms with Gasteiger partial charge in [-0.25, -0.2) is 0 Å². The van der Waals surface area contributed by atoms with Gasteiger partial charge in [0.15, 0.2) is 0 Å². The zero-order chi connectivity index (χ0) is 38.8. The fourth-order valence-electron chi connectivity index (χ4n) is 9.29. The molecule has 0 bridgehead atoms. The summed E-state index contributed by atoms with van der Waals surface area (Å²) >= 11 is 0. The number of fused-ring (bicyclic) bond motifs is 5. The maximum absolute atomic E-state index is 6.51. The summed E-state index contributed by atoms with van der Waals surface area (Å²) in [6.07, 6.45) is 0. The number of furan rings is 1. The third kappa shape index (κ3) is 5.41. The number of rotatable bonds is 7. The molecule has 1 aliphatic heterocycles. The topological polar surface area (TPSA) is 19.6 Å². The lowest BCUT2D eigenvalue weighted by Gasteiger charge is -2.36. The van der Waals surface area contributed by atoms with Crippen molar-refractivity contribution in [3.8, 4) is 22.3 Å². The first-order valence-electron chi connectivity index (χ1n) is 20.0. The maximum atomic E-state index is 6.51. The average Bonchev–Trinajstić information content (AvgIpc) is 3.65. The molecule has 0 radical (unpaired) electrons. The van der Waals surface area contributed by atoms with Gasteiger partial charge < -0.3 is 14.2 Å². The minimum absolute atomic E-state index is 0.877. The first-order valence-corrected chi connectivity index (χ1v) is 23.0. The van der Waals surface area contributed by atoms with E-state index in [0.717, 1.165) is 50.4 Å². The Morgan fingerprint density at radius 3 is 1.74 bits per heavy atom. The van der Waals surface area contributed by atoms with Gasteiger partial charge in [-0.15, -0.1) is 0 Å². The highest BCUT2D eigenvalue weighted by Crippen LogP contribution is 2.47. The largest absolute Gasteiger partial charge is 0.456 e. The number of hydrogen-bond acceptors (Lipinski definition) is 3. The lowest BCUT2D eigenvalue weighted by atomic mass is 9.94. The van der Waals surface area contributed by atoms with Crippen molar-refractivity contribution in [2.24, 2.45) is 0 Å². The third-order valence-electron chi connectivity index (χ3n) is 12.0. The molecule has 0 N–H and O–H groups in total. The molecule has 1 aliphatic rings. The first-order chi connectivity index (χ1) is 28.5. The summed E-state index contributed by atoms with van der Waals surface area (Å²) in [5.74, 6) is 0. The van der Waals surface area contributed by atoms with Crippen molar-refractivity contribution in [3.63, 3.8) is 0 Å². The van der Waals surface area contributed by atoms with E-state index in [0.29, 0.717) is 0 Å². The van der Waals surface area contributed by atoms with E-state index in [2.05, 4.69) is 223 Å². The quantitative estimate of drug-likeness (QED) is 0.151. The molecule has 0 atom stereocenters. The van der Waals surface area contributed by atoms with Gasteiger partial charge in [-0.3, -0.25) is 0 Å². The lowest BCUT2D eigenvalue weighted by molar-refractivity contribution is 0.669. The number of para-hydroxylation sites is 4. The lowest BCUT2D eigenvalue weighted by Crippen LogP contribution is -2.56. The second-order valence-electron chi connectivity index (χ2n) is 15.7. The van der Waals surface area contributed by atoms with E-state index in [1.165, 1.54) is 49.1 Å². The van der Waals surface area contributed by atoms with Crippen LogP contribution >= 0.6 is 0 Å². The van der Waals surface area contributed by atoms with Gasteiger partial charge in [-0.1, -0.05) is 147 Å². The van der Waals surface area contributed by atoms with E-state index in [4.69, 9.17) is 4.42 Å². The van der Waals surface area contributed by atoms with Gasteiger partial charge in [-0.05, 0) is 99.2 Å². The SMILES string of the molecule is C[Si]1(C)c2cc(N(c3ccccc3)c3ccccc3)ccc2-c2ccc(N(c3ccc4c(c3)oc3ccccc34)c3ccccc3-c3ccccc3)c3cccc1c23. The standard InChI is InChI=1S/C54H40N2OSi/c1-58(2)52-28-16-25-47-49(34-33-46(54(47)52)45-32-30-41(36-53(45)58)55(38-19-8-4-9-20-38)39-21-10-5-11-22-39)56(48-26-14-12-23-42(48)37-17-6-3-7-18-37)40-29-31-44-43-24-13-15-27-50(43)57-51(44)35-40/h3-36H,1-2H3. The van der Waals surface area contributed by atoms with Crippen LogP contribution in [0.3, 0.4) is 0 Å². The molecule has 9 aromatic carbocycles. The molecule has 0 unspecified atom stereocenters. The molecule has 3 nitrogen and oxygen atoms in total. The number of hydrogen-bond donors (Lipinski definition) is 0.